The predicted molar refractivity (Wildman–Crippen MR) is 122 cm³/mol. The van der Waals surface area contributed by atoms with Crippen LogP contribution in [0.3, 0.4) is 0 Å². The van der Waals surface area contributed by atoms with Crippen molar-refractivity contribution in [3.05, 3.63) is 30.1 Å². The SMILES string of the molecule is O=C(NC1CCCCC1)N(C1CCC(O)CC1)C1(C#Cc2ccccn2)CCCCC1. The Kier molecular flexibility index (Phi) is 7.50. The van der Waals surface area contributed by atoms with E-state index in [4.69, 9.17) is 0 Å². The van der Waals surface area contributed by atoms with Gasteiger partial charge in [-0.3, -0.25) is 0 Å². The molecular formula is C26H37N3O2. The van der Waals surface area contributed by atoms with Crippen molar-refractivity contribution in [3.63, 3.8) is 0 Å². The standard InChI is InChI=1S/C26H37N3O2/c30-24-14-12-23(13-15-24)29(25(31)28-22-10-3-1-4-11-22)26(17-6-2-7-18-26)19-16-21-9-5-8-20-27-21/h5,8-9,20,22-24,30H,1-4,6-7,10-15,17-18H2,(H,28,31). The average Bonchev–Trinajstić information content (AvgIpc) is 2.81. The number of carbonyl (C=O) groups excluding carboxylic acids is 1. The summed E-state index contributed by atoms with van der Waals surface area (Å²) < 4.78 is 0. The lowest BCUT2D eigenvalue weighted by Gasteiger charge is -2.48. The zero-order valence-electron chi connectivity index (χ0n) is 18.7. The van der Waals surface area contributed by atoms with Gasteiger partial charge in [-0.2, -0.15) is 0 Å². The monoisotopic (exact) mass is 423 g/mol. The van der Waals surface area contributed by atoms with Crippen molar-refractivity contribution >= 4 is 6.03 Å². The van der Waals surface area contributed by atoms with Crippen LogP contribution >= 0.6 is 0 Å². The molecule has 2 N–H and O–H groups in total. The maximum atomic E-state index is 13.8. The second kappa shape index (κ2) is 10.5. The number of aliphatic hydroxyl groups excluding tert-OH is 1. The molecule has 1 aromatic rings. The Morgan fingerprint density at radius 2 is 1.71 bits per heavy atom. The molecule has 0 atom stereocenters. The van der Waals surface area contributed by atoms with E-state index in [0.717, 1.165) is 69.9 Å². The van der Waals surface area contributed by atoms with Gasteiger partial charge < -0.3 is 15.3 Å². The third kappa shape index (κ3) is 5.60. The quantitative estimate of drug-likeness (QED) is 0.688. The molecule has 0 saturated heterocycles. The van der Waals surface area contributed by atoms with Gasteiger partial charge >= 0.3 is 6.03 Å². The number of hydrogen-bond donors (Lipinski definition) is 2. The highest BCUT2D eigenvalue weighted by Crippen LogP contribution is 2.38. The smallest absolute Gasteiger partial charge is 0.319 e. The fourth-order valence-corrected chi connectivity index (χ4v) is 5.70. The fraction of sp³-hybridized carbons (Fsp3) is 0.692. The van der Waals surface area contributed by atoms with Crippen molar-refractivity contribution in [3.8, 4) is 11.8 Å². The Balaban J connectivity index is 1.64. The first-order valence-corrected chi connectivity index (χ1v) is 12.4. The molecular weight excluding hydrogens is 386 g/mol. The van der Waals surface area contributed by atoms with Crippen molar-refractivity contribution in [1.29, 1.82) is 0 Å². The van der Waals surface area contributed by atoms with Crippen molar-refractivity contribution in [2.75, 3.05) is 0 Å². The van der Waals surface area contributed by atoms with Gasteiger partial charge in [-0.05, 0) is 69.4 Å². The molecule has 0 spiro atoms. The van der Waals surface area contributed by atoms with Crippen molar-refractivity contribution in [2.45, 2.75) is 114 Å². The van der Waals surface area contributed by atoms with Gasteiger partial charge in [0, 0.05) is 18.3 Å². The van der Waals surface area contributed by atoms with Gasteiger partial charge in [0.1, 0.15) is 11.2 Å². The number of aromatic nitrogens is 1. The number of nitrogens with one attached hydrogen (secondary N) is 1. The Morgan fingerprint density at radius 3 is 2.39 bits per heavy atom. The number of hydrogen-bond acceptors (Lipinski definition) is 3. The molecule has 5 nitrogen and oxygen atoms in total. The van der Waals surface area contributed by atoms with Crippen molar-refractivity contribution in [1.82, 2.24) is 15.2 Å². The number of rotatable bonds is 3. The second-order valence-electron chi connectivity index (χ2n) is 9.67. The van der Waals surface area contributed by atoms with Crippen molar-refractivity contribution < 1.29 is 9.90 Å². The lowest BCUT2D eigenvalue weighted by atomic mass is 9.78. The van der Waals surface area contributed by atoms with E-state index in [9.17, 15) is 9.90 Å². The van der Waals surface area contributed by atoms with E-state index < -0.39 is 5.54 Å². The van der Waals surface area contributed by atoms with Crippen LogP contribution in [-0.4, -0.2) is 44.7 Å². The van der Waals surface area contributed by atoms with Gasteiger partial charge in [0.2, 0.25) is 0 Å². The molecule has 168 valence electrons. The third-order valence-corrected chi connectivity index (χ3v) is 7.41. The van der Waals surface area contributed by atoms with E-state index in [-0.39, 0.29) is 24.2 Å². The van der Waals surface area contributed by atoms with Crippen LogP contribution in [0.5, 0.6) is 0 Å². The maximum absolute atomic E-state index is 13.8. The van der Waals surface area contributed by atoms with E-state index in [2.05, 4.69) is 27.0 Å². The van der Waals surface area contributed by atoms with E-state index in [1.54, 1.807) is 6.20 Å². The zero-order chi connectivity index (χ0) is 21.5. The van der Waals surface area contributed by atoms with Crippen LogP contribution in [0.25, 0.3) is 0 Å². The van der Waals surface area contributed by atoms with Crippen LogP contribution in [0.4, 0.5) is 4.79 Å². The molecule has 1 aromatic heterocycles. The van der Waals surface area contributed by atoms with Gasteiger partial charge in [-0.15, -0.1) is 0 Å². The van der Waals surface area contributed by atoms with Crippen LogP contribution < -0.4 is 5.32 Å². The fourth-order valence-electron chi connectivity index (χ4n) is 5.70. The first-order valence-electron chi connectivity index (χ1n) is 12.4. The summed E-state index contributed by atoms with van der Waals surface area (Å²) in [5, 5.41) is 13.5. The van der Waals surface area contributed by atoms with Crippen LogP contribution in [0.1, 0.15) is 95.6 Å². The van der Waals surface area contributed by atoms with Crippen LogP contribution in [-0.2, 0) is 0 Å². The van der Waals surface area contributed by atoms with E-state index in [1.165, 1.54) is 25.7 Å². The number of nitrogens with zero attached hydrogens (tertiary/aromatic N) is 2. The molecule has 31 heavy (non-hydrogen) atoms. The number of aliphatic hydroxyl groups is 1. The molecule has 3 fully saturated rings. The minimum absolute atomic E-state index is 0.0607. The van der Waals surface area contributed by atoms with Gasteiger partial charge in [-0.25, -0.2) is 9.78 Å². The minimum Gasteiger partial charge on any atom is -0.393 e. The van der Waals surface area contributed by atoms with E-state index >= 15 is 0 Å². The average molecular weight is 424 g/mol. The summed E-state index contributed by atoms with van der Waals surface area (Å²) in [6.45, 7) is 0. The highest BCUT2D eigenvalue weighted by molar-refractivity contribution is 5.76. The maximum Gasteiger partial charge on any atom is 0.319 e. The topological polar surface area (TPSA) is 65.5 Å². The highest BCUT2D eigenvalue weighted by Gasteiger charge is 2.44. The van der Waals surface area contributed by atoms with Crippen LogP contribution in [0.15, 0.2) is 24.4 Å². The molecule has 1 heterocycles. The predicted octanol–water partition coefficient (Wildman–Crippen LogP) is 4.78. The largest absolute Gasteiger partial charge is 0.393 e. The van der Waals surface area contributed by atoms with E-state index in [0.29, 0.717) is 0 Å². The van der Waals surface area contributed by atoms with Gasteiger partial charge in [-0.1, -0.05) is 50.5 Å². The molecule has 0 radical (unpaired) electrons. The van der Waals surface area contributed by atoms with Crippen LogP contribution in [0.2, 0.25) is 0 Å². The lowest BCUT2D eigenvalue weighted by molar-refractivity contribution is 0.0368. The highest BCUT2D eigenvalue weighted by atomic mass is 16.3. The molecule has 0 unspecified atom stereocenters. The molecule has 0 bridgehead atoms. The summed E-state index contributed by atoms with van der Waals surface area (Å²) in [6, 6.07) is 6.28. The second-order valence-corrected chi connectivity index (χ2v) is 9.67. The number of amides is 2. The number of pyridine rings is 1. The zero-order valence-corrected chi connectivity index (χ0v) is 18.7. The molecule has 3 saturated carbocycles. The molecule has 4 rings (SSSR count). The van der Waals surface area contributed by atoms with Gasteiger partial charge in [0.05, 0.1) is 6.10 Å². The molecule has 3 aliphatic rings. The first-order chi connectivity index (χ1) is 15.2. The summed E-state index contributed by atoms with van der Waals surface area (Å²) >= 11 is 0. The molecule has 0 aromatic carbocycles. The molecule has 3 aliphatic carbocycles. The van der Waals surface area contributed by atoms with E-state index in [1.807, 2.05) is 18.2 Å². The third-order valence-electron chi connectivity index (χ3n) is 7.41. The summed E-state index contributed by atoms with van der Waals surface area (Å²) in [7, 11) is 0. The molecule has 2 amide bonds. The Hall–Kier alpha value is -2.06. The molecule has 0 aliphatic heterocycles. The van der Waals surface area contributed by atoms with Crippen molar-refractivity contribution in [2.24, 2.45) is 0 Å². The normalized spacial score (nSPS) is 26.4. The summed E-state index contributed by atoms with van der Waals surface area (Å²) in [6.07, 6.45) is 15.8. The Morgan fingerprint density at radius 1 is 1.00 bits per heavy atom. The summed E-state index contributed by atoms with van der Waals surface area (Å²) in [4.78, 5) is 20.3. The molecule has 5 heteroatoms. The number of carbonyl (C=O) groups is 1. The van der Waals surface area contributed by atoms with Gasteiger partial charge in [0.25, 0.3) is 0 Å². The van der Waals surface area contributed by atoms with Gasteiger partial charge in [0.15, 0.2) is 0 Å². The minimum atomic E-state index is -0.443. The first kappa shape index (κ1) is 22.1. The summed E-state index contributed by atoms with van der Waals surface area (Å²) in [5.74, 6) is 6.88. The number of urea groups is 1. The Labute approximate surface area is 187 Å². The Bertz CT molecular complexity index is 765. The summed E-state index contributed by atoms with van der Waals surface area (Å²) in [5.41, 5.74) is 0.320. The lowest BCUT2D eigenvalue weighted by Crippen LogP contribution is -2.61. The van der Waals surface area contributed by atoms with Crippen LogP contribution in [0, 0.1) is 11.8 Å².